The topological polar surface area (TPSA) is 151 Å². The van der Waals surface area contributed by atoms with Gasteiger partial charge in [0.05, 0.1) is 31.4 Å². The van der Waals surface area contributed by atoms with Crippen LogP contribution < -0.4 is 0 Å². The average molecular weight is 802 g/mol. The number of nitrogens with zero attached hydrogens (tertiary/aromatic N) is 3. The van der Waals surface area contributed by atoms with E-state index in [0.717, 1.165) is 34.4 Å². The van der Waals surface area contributed by atoms with E-state index in [9.17, 15) is 19.8 Å². The lowest BCUT2D eigenvalue weighted by molar-refractivity contribution is -0.302. The number of methoxy groups -OCH3 is 2. The van der Waals surface area contributed by atoms with Crippen LogP contribution in [-0.4, -0.2) is 101 Å². The Morgan fingerprint density at radius 3 is 2.26 bits per heavy atom. The van der Waals surface area contributed by atoms with Gasteiger partial charge in [0, 0.05) is 38.2 Å². The lowest BCUT2D eigenvalue weighted by Crippen LogP contribution is -2.58. The molecule has 2 aromatic carbocycles. The van der Waals surface area contributed by atoms with Gasteiger partial charge < -0.3 is 33.9 Å². The minimum Gasteiger partial charge on any atom is -0.462 e. The van der Waals surface area contributed by atoms with Crippen molar-refractivity contribution in [2.75, 3.05) is 20.8 Å². The Balaban J connectivity index is 1.26. The van der Waals surface area contributed by atoms with Crippen molar-refractivity contribution in [1.82, 2.24) is 15.0 Å². The number of hydrogen-bond donors (Lipinski definition) is 2. The number of cyclic esters (lactones) is 1. The molecule has 1 saturated heterocycles. The van der Waals surface area contributed by atoms with Crippen LogP contribution in [0.15, 0.2) is 84.6 Å². The summed E-state index contributed by atoms with van der Waals surface area (Å²) in [6, 6.07) is 18.5. The minimum absolute atomic E-state index is 0.0300. The van der Waals surface area contributed by atoms with Crippen molar-refractivity contribution in [1.29, 1.82) is 0 Å². The molecule has 0 amide bonds. The molecule has 3 heterocycles. The molecular weight excluding hydrogens is 739 g/mol. The van der Waals surface area contributed by atoms with Crippen molar-refractivity contribution in [3.8, 4) is 22.4 Å². The van der Waals surface area contributed by atoms with Crippen molar-refractivity contribution in [2.45, 2.75) is 123 Å². The van der Waals surface area contributed by atoms with E-state index in [1.54, 1.807) is 13.0 Å². The van der Waals surface area contributed by atoms with E-state index < -0.39 is 48.9 Å². The third-order valence-corrected chi connectivity index (χ3v) is 11.7. The fourth-order valence-electron chi connectivity index (χ4n) is 8.12. The zero-order chi connectivity index (χ0) is 41.8. The molecule has 2 aliphatic heterocycles. The summed E-state index contributed by atoms with van der Waals surface area (Å²) in [6.45, 7) is 10.4. The van der Waals surface area contributed by atoms with Gasteiger partial charge >= 0.3 is 5.97 Å². The third-order valence-electron chi connectivity index (χ3n) is 11.7. The molecule has 5 unspecified atom stereocenters. The molecule has 3 aromatic rings. The molecule has 0 bridgehead atoms. The standard InChI is InChI=1S/C46H63N3O9/c1-8-41-37(21-23-56-46-45(55-7)44(54-6)43(53)32(5)57-46)24-29(2)14-19-39(50)30(3)25-33(26-31(4)40(51)27-42(52)58-41)20-22-49-28-38(47-48-49)36-17-15-35(16-18-36)34-12-10-9-11-13-34/h9-19,24,28,30-33,37,40-41,43-46,51,53H,8,20-23,25-27H2,1-7H3/b19-14+,29-24+/t30-,31-,32?,33+,37+,40-,41-,43?,44?,45?,46?/m1/s1. The molecule has 5 rings (SSSR count). The number of aliphatic hydroxyl groups excluding tert-OH is 2. The van der Waals surface area contributed by atoms with Crippen LogP contribution in [-0.2, 0) is 39.8 Å². The molecule has 11 atom stereocenters. The number of aryl methyl sites for hydroxylation is 1. The van der Waals surface area contributed by atoms with Gasteiger partial charge in [-0.05, 0) is 75.0 Å². The first-order valence-corrected chi connectivity index (χ1v) is 20.7. The van der Waals surface area contributed by atoms with Crippen LogP contribution in [0.5, 0.6) is 0 Å². The van der Waals surface area contributed by atoms with Gasteiger partial charge in [-0.15, -0.1) is 5.10 Å². The molecule has 2 N–H and O–H groups in total. The van der Waals surface area contributed by atoms with Crippen LogP contribution in [0.25, 0.3) is 22.4 Å². The van der Waals surface area contributed by atoms with Crippen molar-refractivity contribution >= 4 is 11.8 Å². The summed E-state index contributed by atoms with van der Waals surface area (Å²) >= 11 is 0. The van der Waals surface area contributed by atoms with E-state index in [1.165, 1.54) is 14.2 Å². The summed E-state index contributed by atoms with van der Waals surface area (Å²) in [5, 5.41) is 30.7. The Bertz CT molecular complexity index is 1790. The number of ketones is 1. The zero-order valence-corrected chi connectivity index (χ0v) is 35.1. The fraction of sp³-hybridized carbons (Fsp3) is 0.565. The maximum atomic E-state index is 13.5. The number of esters is 1. The number of carbonyl (C=O) groups is 2. The second kappa shape index (κ2) is 21.8. The molecule has 0 saturated carbocycles. The molecule has 0 spiro atoms. The van der Waals surface area contributed by atoms with Gasteiger partial charge in [0.25, 0.3) is 0 Å². The van der Waals surface area contributed by atoms with Crippen molar-refractivity contribution < 1.29 is 43.5 Å². The largest absolute Gasteiger partial charge is 0.462 e. The molecule has 1 fully saturated rings. The molecule has 1 aromatic heterocycles. The van der Waals surface area contributed by atoms with E-state index in [-0.39, 0.29) is 42.5 Å². The normalized spacial score (nSPS) is 31.9. The van der Waals surface area contributed by atoms with Gasteiger partial charge in [-0.2, -0.15) is 0 Å². The monoisotopic (exact) mass is 801 g/mol. The molecule has 12 heteroatoms. The molecular formula is C46H63N3O9. The number of aliphatic hydroxyl groups is 2. The maximum Gasteiger partial charge on any atom is 0.308 e. The van der Waals surface area contributed by atoms with Crippen LogP contribution >= 0.6 is 0 Å². The average Bonchev–Trinajstić information content (AvgIpc) is 3.70. The third kappa shape index (κ3) is 12.2. The van der Waals surface area contributed by atoms with Crippen LogP contribution in [0.1, 0.15) is 73.1 Å². The number of benzene rings is 2. The summed E-state index contributed by atoms with van der Waals surface area (Å²) in [7, 11) is 3.03. The highest BCUT2D eigenvalue weighted by molar-refractivity contribution is 5.91. The van der Waals surface area contributed by atoms with Crippen LogP contribution in [0, 0.1) is 23.7 Å². The van der Waals surface area contributed by atoms with Gasteiger partial charge in [-0.3, -0.25) is 14.3 Å². The highest BCUT2D eigenvalue weighted by Gasteiger charge is 2.45. The van der Waals surface area contributed by atoms with Gasteiger partial charge in [-0.25, -0.2) is 0 Å². The first kappa shape index (κ1) is 45.1. The molecule has 0 aliphatic carbocycles. The fourth-order valence-corrected chi connectivity index (χ4v) is 8.12. The molecule has 0 radical (unpaired) electrons. The van der Waals surface area contributed by atoms with E-state index in [0.29, 0.717) is 32.2 Å². The van der Waals surface area contributed by atoms with Crippen LogP contribution in [0.2, 0.25) is 0 Å². The first-order chi connectivity index (χ1) is 27.9. The first-order valence-electron chi connectivity index (χ1n) is 20.7. The number of aromatic nitrogens is 3. The van der Waals surface area contributed by atoms with Crippen molar-refractivity contribution in [2.24, 2.45) is 23.7 Å². The number of rotatable bonds is 12. The quantitative estimate of drug-likeness (QED) is 0.183. The molecule has 58 heavy (non-hydrogen) atoms. The van der Waals surface area contributed by atoms with Crippen molar-refractivity contribution in [3.05, 3.63) is 84.6 Å². The SMILES string of the molecule is CC[C@H]1OC(=O)C[C@@H](O)[C@H](C)C[C@@H](CCn2cc(-c3ccc(-c4ccccc4)cc3)nn2)C[C@@H](C)C(=O)/C=C/C(C)=C/[C@@H]1CCOC1OC(C)C(O)C(OC)C1OC. The Morgan fingerprint density at radius 2 is 1.57 bits per heavy atom. The summed E-state index contributed by atoms with van der Waals surface area (Å²) < 4.78 is 31.1. The smallest absolute Gasteiger partial charge is 0.308 e. The number of ether oxygens (including phenoxy) is 5. The summed E-state index contributed by atoms with van der Waals surface area (Å²) in [4.78, 5) is 26.9. The summed E-state index contributed by atoms with van der Waals surface area (Å²) in [6.07, 6.45) is 5.42. The summed E-state index contributed by atoms with van der Waals surface area (Å²) in [5.41, 5.74) is 4.90. The van der Waals surface area contributed by atoms with Crippen LogP contribution in [0.3, 0.4) is 0 Å². The lowest BCUT2D eigenvalue weighted by Gasteiger charge is -2.42. The van der Waals surface area contributed by atoms with Crippen molar-refractivity contribution in [3.63, 3.8) is 0 Å². The Kier molecular flexibility index (Phi) is 16.9. The predicted octanol–water partition coefficient (Wildman–Crippen LogP) is 6.99. The maximum absolute atomic E-state index is 13.5. The van der Waals surface area contributed by atoms with E-state index in [4.69, 9.17) is 23.7 Å². The Hall–Kier alpha value is -4.04. The Morgan fingerprint density at radius 1 is 0.879 bits per heavy atom. The number of allylic oxidation sites excluding steroid dienone is 3. The van der Waals surface area contributed by atoms with Gasteiger partial charge in [0.1, 0.15) is 30.1 Å². The number of hydrogen-bond acceptors (Lipinski definition) is 11. The second-order valence-electron chi connectivity index (χ2n) is 16.1. The van der Waals surface area contributed by atoms with E-state index >= 15 is 0 Å². The Labute approximate surface area is 343 Å². The van der Waals surface area contributed by atoms with E-state index in [2.05, 4.69) is 46.7 Å². The van der Waals surface area contributed by atoms with Gasteiger partial charge in [0.2, 0.25) is 0 Å². The number of carbonyl (C=O) groups excluding carboxylic acids is 2. The zero-order valence-electron chi connectivity index (χ0n) is 35.1. The predicted molar refractivity (Wildman–Crippen MR) is 221 cm³/mol. The highest BCUT2D eigenvalue weighted by Crippen LogP contribution is 2.31. The van der Waals surface area contributed by atoms with Gasteiger partial charge in [0.15, 0.2) is 12.1 Å². The van der Waals surface area contributed by atoms with Gasteiger partial charge in [-0.1, -0.05) is 98.3 Å². The minimum atomic E-state index is -0.914. The molecule has 12 nitrogen and oxygen atoms in total. The second-order valence-corrected chi connectivity index (χ2v) is 16.1. The van der Waals surface area contributed by atoms with Crippen LogP contribution in [0.4, 0.5) is 0 Å². The summed E-state index contributed by atoms with van der Waals surface area (Å²) in [5.74, 6) is -1.07. The molecule has 2 aliphatic rings. The van der Waals surface area contributed by atoms with E-state index in [1.807, 2.05) is 68.9 Å². The molecule has 316 valence electrons. The highest BCUT2D eigenvalue weighted by atomic mass is 16.7. The lowest BCUT2D eigenvalue weighted by atomic mass is 9.82.